The summed E-state index contributed by atoms with van der Waals surface area (Å²) in [4.78, 5) is 9.56. The van der Waals surface area contributed by atoms with E-state index < -0.39 is 20.1 Å². The third-order valence-corrected chi connectivity index (χ3v) is 13.0. The van der Waals surface area contributed by atoms with Gasteiger partial charge in [-0.15, -0.1) is 18.2 Å². The average Bonchev–Trinajstić information content (AvgIpc) is 3.70. The predicted molar refractivity (Wildman–Crippen MR) is 208 cm³/mol. The van der Waals surface area contributed by atoms with Gasteiger partial charge in [-0.25, -0.2) is 0 Å². The molecule has 8 rings (SSSR count). The van der Waals surface area contributed by atoms with Crippen molar-refractivity contribution in [2.24, 2.45) is 0 Å². The summed E-state index contributed by atoms with van der Waals surface area (Å²) in [6, 6.07) is 44.6. The average molecular weight is 896 g/mol. The fourth-order valence-corrected chi connectivity index (χ4v) is 8.35. The summed E-state index contributed by atoms with van der Waals surface area (Å²) >= 11 is -1.83. The summed E-state index contributed by atoms with van der Waals surface area (Å²) in [5, 5.41) is 2.19. The number of para-hydroxylation sites is 4. The van der Waals surface area contributed by atoms with Gasteiger partial charge in [0.1, 0.15) is 5.58 Å². The molecule has 0 aliphatic rings. The predicted octanol–water partition coefficient (Wildman–Crippen LogP) is 11.1. The zero-order valence-corrected chi connectivity index (χ0v) is 33.6. The maximum atomic E-state index is 7.35. The molecule has 50 heavy (non-hydrogen) atoms. The van der Waals surface area contributed by atoms with Gasteiger partial charge < -0.3 is 8.98 Å². The molecule has 1 radical (unpaired) electrons. The van der Waals surface area contributed by atoms with Crippen LogP contribution in [0.1, 0.15) is 36.0 Å². The largest absolute Gasteiger partial charge is 0 e. The van der Waals surface area contributed by atoms with Crippen molar-refractivity contribution < 1.29 is 28.6 Å². The number of aryl methyl sites for hydroxylation is 1. The normalized spacial score (nSPS) is 12.9. The van der Waals surface area contributed by atoms with Crippen LogP contribution in [0.2, 0.25) is 17.3 Å². The quantitative estimate of drug-likeness (QED) is 0.131. The molecule has 0 fully saturated rings. The molecule has 0 spiro atoms. The van der Waals surface area contributed by atoms with Crippen LogP contribution in [0.15, 0.2) is 126 Å². The minimum atomic E-state index is -2.08. The number of furan rings is 1. The Morgan fingerprint density at radius 2 is 1.56 bits per heavy atom. The van der Waals surface area contributed by atoms with E-state index in [2.05, 4.69) is 120 Å². The van der Waals surface area contributed by atoms with Crippen molar-refractivity contribution in [1.29, 1.82) is 0 Å². The molecule has 253 valence electrons. The van der Waals surface area contributed by atoms with Gasteiger partial charge in [0.25, 0.3) is 0 Å². The number of benzene rings is 5. The monoisotopic (exact) mass is 897 g/mol. The van der Waals surface area contributed by atoms with Crippen LogP contribution in [0, 0.1) is 19.0 Å². The van der Waals surface area contributed by atoms with Crippen molar-refractivity contribution in [3.8, 4) is 28.3 Å². The molecular formula is C44H41GeIrN3O-2. The Hall–Kier alpha value is -4.29. The summed E-state index contributed by atoms with van der Waals surface area (Å²) in [7, 11) is 0. The van der Waals surface area contributed by atoms with E-state index in [9.17, 15) is 0 Å². The van der Waals surface area contributed by atoms with Crippen LogP contribution in [0.4, 0.5) is 0 Å². The molecule has 0 bridgehead atoms. The molecule has 0 aliphatic carbocycles. The van der Waals surface area contributed by atoms with Crippen LogP contribution in [-0.2, 0) is 25.5 Å². The van der Waals surface area contributed by atoms with Crippen molar-refractivity contribution >= 4 is 50.6 Å². The molecule has 5 aromatic carbocycles. The fourth-order valence-electron chi connectivity index (χ4n) is 6.18. The third-order valence-electron chi connectivity index (χ3n) is 8.79. The SMILES string of the molecule is CC(C)(C)c1ccccc1-n1c(-c2[c-]ccc3c2oc2ccccc23)nc2ccccc21.[2H]C([2H])([2H])c1c[c-]c(-c2cc[c]([Ge]([CH3])([CH3])[CH3])cn2)cc1.[Ir]. The summed E-state index contributed by atoms with van der Waals surface area (Å²) in [5.74, 6) is 7.82. The minimum Gasteiger partial charge on any atom is 0 e. The van der Waals surface area contributed by atoms with Gasteiger partial charge in [-0.3, -0.25) is 4.98 Å². The van der Waals surface area contributed by atoms with Gasteiger partial charge in [-0.1, -0.05) is 80.3 Å². The van der Waals surface area contributed by atoms with Gasteiger partial charge in [0.15, 0.2) is 0 Å². The van der Waals surface area contributed by atoms with Crippen LogP contribution >= 0.6 is 0 Å². The summed E-state index contributed by atoms with van der Waals surface area (Å²) < 4.78 is 32.0. The molecular weight excluding hydrogens is 851 g/mol. The standard InChI is InChI=1S/C29H23N2O.C15H18GeN.Ir/c1-29(2,3)22-14-5-7-16-24(22)31-25-17-8-6-15-23(25)30-28(31)21-13-10-12-20-19-11-4-9-18-26(19)32-27(20)21;1-12-5-7-13(8-6-12)15-10-9-14(11-17-15)16(2,3)4;/h4-12,14-18H,1-3H3;5-7,9-11H,1-4H3;/q2*-1;/i;1D3;. The van der Waals surface area contributed by atoms with E-state index in [4.69, 9.17) is 13.5 Å². The van der Waals surface area contributed by atoms with Crippen molar-refractivity contribution in [1.82, 2.24) is 14.5 Å². The van der Waals surface area contributed by atoms with Crippen LogP contribution in [0.5, 0.6) is 0 Å². The molecule has 0 saturated heterocycles. The Morgan fingerprint density at radius 1 is 0.800 bits per heavy atom. The Balaban J connectivity index is 0.000000199. The van der Waals surface area contributed by atoms with Crippen molar-refractivity contribution in [2.75, 3.05) is 0 Å². The van der Waals surface area contributed by atoms with Gasteiger partial charge in [0.2, 0.25) is 0 Å². The van der Waals surface area contributed by atoms with E-state index in [1.165, 1.54) is 16.0 Å². The number of hydrogen-bond acceptors (Lipinski definition) is 3. The Morgan fingerprint density at radius 3 is 2.28 bits per heavy atom. The third kappa shape index (κ3) is 7.00. The molecule has 3 heterocycles. The maximum absolute atomic E-state index is 7.35. The Bertz CT molecular complexity index is 2470. The summed E-state index contributed by atoms with van der Waals surface area (Å²) in [6.45, 7) is 4.66. The van der Waals surface area contributed by atoms with E-state index >= 15 is 0 Å². The van der Waals surface area contributed by atoms with E-state index in [0.717, 1.165) is 61.3 Å². The number of aromatic nitrogens is 3. The Labute approximate surface area is 315 Å². The molecule has 0 atom stereocenters. The minimum absolute atomic E-state index is 0. The fraction of sp³-hybridized carbons (Fsp3) is 0.182. The Kier molecular flexibility index (Phi) is 8.96. The maximum Gasteiger partial charge on any atom is 0 e. The molecule has 8 aromatic rings. The first kappa shape index (κ1) is 31.7. The van der Waals surface area contributed by atoms with Gasteiger partial charge >= 0.3 is 110 Å². The molecule has 0 aliphatic heterocycles. The van der Waals surface area contributed by atoms with E-state index in [1.54, 1.807) is 12.1 Å². The summed E-state index contributed by atoms with van der Waals surface area (Å²) in [5.41, 5.74) is 8.93. The number of fused-ring (bicyclic) bond motifs is 4. The zero-order valence-electron chi connectivity index (χ0n) is 32.1. The molecule has 0 amide bonds. The van der Waals surface area contributed by atoms with Gasteiger partial charge in [-0.05, 0) is 35.2 Å². The molecule has 0 saturated carbocycles. The van der Waals surface area contributed by atoms with Gasteiger partial charge in [0.05, 0.1) is 22.4 Å². The van der Waals surface area contributed by atoms with Crippen molar-refractivity contribution in [2.45, 2.75) is 50.3 Å². The van der Waals surface area contributed by atoms with Crippen LogP contribution < -0.4 is 4.40 Å². The molecule has 0 unspecified atom stereocenters. The molecule has 3 aromatic heterocycles. The van der Waals surface area contributed by atoms with Gasteiger partial charge in [0, 0.05) is 31.2 Å². The molecule has 4 nitrogen and oxygen atoms in total. The van der Waals surface area contributed by atoms with Crippen LogP contribution in [-0.4, -0.2) is 27.8 Å². The number of nitrogens with zero attached hydrogens (tertiary/aromatic N) is 3. The summed E-state index contributed by atoms with van der Waals surface area (Å²) in [6.07, 6.45) is 1.95. The van der Waals surface area contributed by atoms with E-state index in [0.29, 0.717) is 5.56 Å². The van der Waals surface area contributed by atoms with E-state index in [1.807, 2.05) is 42.6 Å². The van der Waals surface area contributed by atoms with E-state index in [-0.39, 0.29) is 25.5 Å². The second kappa shape index (κ2) is 14.1. The number of rotatable bonds is 4. The second-order valence-electron chi connectivity index (χ2n) is 14.4. The first-order valence-electron chi connectivity index (χ1n) is 18.1. The van der Waals surface area contributed by atoms with Crippen molar-refractivity contribution in [3.05, 3.63) is 145 Å². The first-order chi connectivity index (χ1) is 24.7. The number of pyridine rings is 1. The van der Waals surface area contributed by atoms with Crippen LogP contribution in [0.25, 0.3) is 61.3 Å². The van der Waals surface area contributed by atoms with Crippen molar-refractivity contribution in [3.63, 3.8) is 0 Å². The van der Waals surface area contributed by atoms with Gasteiger partial charge in [-0.2, -0.15) is 0 Å². The smallest absolute Gasteiger partial charge is 0 e. The molecule has 0 N–H and O–H groups in total. The second-order valence-corrected chi connectivity index (χ2v) is 25.0. The zero-order chi connectivity index (χ0) is 36.8. The topological polar surface area (TPSA) is 43.9 Å². The molecule has 6 heteroatoms. The number of imidazole rings is 1. The van der Waals surface area contributed by atoms with Crippen LogP contribution in [0.3, 0.4) is 0 Å². The number of hydrogen-bond donors (Lipinski definition) is 0. The first-order valence-corrected chi connectivity index (χ1v) is 23.9.